The quantitative estimate of drug-likeness (QED) is 0.435. The number of aromatic nitrogens is 2. The Balaban J connectivity index is 2.02. The van der Waals surface area contributed by atoms with Crippen molar-refractivity contribution in [2.75, 3.05) is 17.9 Å². The summed E-state index contributed by atoms with van der Waals surface area (Å²) in [5.41, 5.74) is 1.49. The highest BCUT2D eigenvalue weighted by atomic mass is 32.2. The van der Waals surface area contributed by atoms with Crippen molar-refractivity contribution in [1.82, 2.24) is 9.78 Å². The maximum Gasteiger partial charge on any atom is 0.313 e. The van der Waals surface area contributed by atoms with Crippen LogP contribution in [0, 0.1) is 6.92 Å². The van der Waals surface area contributed by atoms with Crippen molar-refractivity contribution in [2.45, 2.75) is 31.1 Å². The SMILES string of the molecule is Cc1ccc(-c2c(OCCO)nn(C)c2NS(=O)(=O)c2ccc(C(C)(C)C(=O)O)cc2)cc1. The van der Waals surface area contributed by atoms with Crippen LogP contribution in [0.1, 0.15) is 25.0 Å². The van der Waals surface area contributed by atoms with E-state index in [0.29, 0.717) is 16.7 Å². The number of benzene rings is 2. The highest BCUT2D eigenvalue weighted by Gasteiger charge is 2.30. The third-order valence-corrected chi connectivity index (χ3v) is 6.69. The zero-order valence-electron chi connectivity index (χ0n) is 18.9. The molecule has 33 heavy (non-hydrogen) atoms. The molecule has 10 heteroatoms. The Morgan fingerprint density at radius 1 is 1.12 bits per heavy atom. The molecule has 0 aliphatic rings. The molecule has 9 nitrogen and oxygen atoms in total. The van der Waals surface area contributed by atoms with Gasteiger partial charge in [-0.05, 0) is 44.0 Å². The van der Waals surface area contributed by atoms with E-state index in [1.807, 2.05) is 31.2 Å². The topological polar surface area (TPSA) is 131 Å². The van der Waals surface area contributed by atoms with Gasteiger partial charge in [0.25, 0.3) is 10.0 Å². The maximum absolute atomic E-state index is 13.2. The number of hydrogen-bond donors (Lipinski definition) is 3. The molecule has 1 aromatic heterocycles. The predicted molar refractivity (Wildman–Crippen MR) is 124 cm³/mol. The maximum atomic E-state index is 13.2. The molecular weight excluding hydrogens is 446 g/mol. The minimum atomic E-state index is -4.03. The van der Waals surface area contributed by atoms with E-state index in [0.717, 1.165) is 5.56 Å². The van der Waals surface area contributed by atoms with Gasteiger partial charge in [-0.15, -0.1) is 5.10 Å². The average molecular weight is 474 g/mol. The van der Waals surface area contributed by atoms with Crippen LogP contribution in [-0.4, -0.2) is 47.6 Å². The normalized spacial score (nSPS) is 11.9. The van der Waals surface area contributed by atoms with Crippen LogP contribution in [0.5, 0.6) is 5.88 Å². The molecule has 3 N–H and O–H groups in total. The molecule has 0 radical (unpaired) electrons. The summed E-state index contributed by atoms with van der Waals surface area (Å²) < 4.78 is 35.8. The summed E-state index contributed by atoms with van der Waals surface area (Å²) in [6.45, 7) is 4.82. The van der Waals surface area contributed by atoms with Gasteiger partial charge in [-0.25, -0.2) is 13.1 Å². The number of ether oxygens (including phenoxy) is 1. The number of aliphatic hydroxyl groups is 1. The van der Waals surface area contributed by atoms with Crippen molar-refractivity contribution in [1.29, 1.82) is 0 Å². The first-order valence-corrected chi connectivity index (χ1v) is 11.7. The second-order valence-electron chi connectivity index (χ2n) is 8.15. The second kappa shape index (κ2) is 9.24. The smallest absolute Gasteiger partial charge is 0.313 e. The van der Waals surface area contributed by atoms with Gasteiger partial charge in [0, 0.05) is 7.05 Å². The summed E-state index contributed by atoms with van der Waals surface area (Å²) in [7, 11) is -2.44. The first-order chi connectivity index (χ1) is 15.5. The molecule has 2 aromatic carbocycles. The molecule has 0 amide bonds. The van der Waals surface area contributed by atoms with Crippen molar-refractivity contribution < 1.29 is 28.2 Å². The van der Waals surface area contributed by atoms with E-state index in [1.54, 1.807) is 20.9 Å². The van der Waals surface area contributed by atoms with Crippen LogP contribution in [0.15, 0.2) is 53.4 Å². The summed E-state index contributed by atoms with van der Waals surface area (Å²) in [5, 5.41) is 22.8. The number of aryl methyl sites for hydroxylation is 2. The van der Waals surface area contributed by atoms with Crippen molar-refractivity contribution in [3.05, 3.63) is 59.7 Å². The number of carboxylic acid groups (broad SMARTS) is 1. The van der Waals surface area contributed by atoms with Crippen LogP contribution in [-0.2, 0) is 27.3 Å². The number of aliphatic carboxylic acids is 1. The summed E-state index contributed by atoms with van der Waals surface area (Å²) >= 11 is 0. The lowest BCUT2D eigenvalue weighted by Crippen LogP contribution is -2.28. The molecule has 0 saturated heterocycles. The number of hydrogen-bond acceptors (Lipinski definition) is 6. The molecule has 0 bridgehead atoms. The van der Waals surface area contributed by atoms with Crippen LogP contribution >= 0.6 is 0 Å². The highest BCUT2D eigenvalue weighted by molar-refractivity contribution is 7.92. The largest absolute Gasteiger partial charge is 0.481 e. The zero-order valence-corrected chi connectivity index (χ0v) is 19.7. The molecule has 0 aliphatic heterocycles. The van der Waals surface area contributed by atoms with E-state index in [9.17, 15) is 18.3 Å². The number of aliphatic hydroxyl groups excluding tert-OH is 1. The molecule has 0 saturated carbocycles. The molecule has 0 unspecified atom stereocenters. The number of carboxylic acids is 1. The predicted octanol–water partition coefficient (Wildman–Crippen LogP) is 2.93. The summed E-state index contributed by atoms with van der Waals surface area (Å²) in [5.74, 6) is -0.627. The molecule has 3 rings (SSSR count). The van der Waals surface area contributed by atoms with Crippen molar-refractivity contribution >= 4 is 21.8 Å². The third-order valence-electron chi connectivity index (χ3n) is 5.34. The van der Waals surface area contributed by atoms with Crippen molar-refractivity contribution in [3.63, 3.8) is 0 Å². The number of nitrogens with one attached hydrogen (secondary N) is 1. The van der Waals surface area contributed by atoms with E-state index < -0.39 is 21.4 Å². The van der Waals surface area contributed by atoms with Crippen LogP contribution in [0.4, 0.5) is 5.82 Å². The Bertz CT molecular complexity index is 1250. The number of sulfonamides is 1. The molecule has 1 heterocycles. The number of carbonyl (C=O) groups is 1. The van der Waals surface area contributed by atoms with Crippen molar-refractivity contribution in [2.24, 2.45) is 7.05 Å². The van der Waals surface area contributed by atoms with Crippen LogP contribution in [0.3, 0.4) is 0 Å². The molecule has 0 aliphatic carbocycles. The number of rotatable bonds is 9. The van der Waals surface area contributed by atoms with E-state index in [1.165, 1.54) is 28.9 Å². The van der Waals surface area contributed by atoms with E-state index in [2.05, 4.69) is 9.82 Å². The first kappa shape index (κ1) is 24.3. The van der Waals surface area contributed by atoms with E-state index in [4.69, 9.17) is 9.84 Å². The Morgan fingerprint density at radius 2 is 1.73 bits per heavy atom. The fourth-order valence-electron chi connectivity index (χ4n) is 3.20. The number of nitrogens with zero attached hydrogens (tertiary/aromatic N) is 2. The van der Waals surface area contributed by atoms with Gasteiger partial charge in [-0.1, -0.05) is 42.0 Å². The lowest BCUT2D eigenvalue weighted by Gasteiger charge is -2.20. The molecule has 3 aromatic rings. The second-order valence-corrected chi connectivity index (χ2v) is 9.83. The minimum absolute atomic E-state index is 0.00287. The van der Waals surface area contributed by atoms with Gasteiger partial charge >= 0.3 is 5.97 Å². The highest BCUT2D eigenvalue weighted by Crippen LogP contribution is 2.37. The first-order valence-electron chi connectivity index (χ1n) is 10.2. The Hall–Kier alpha value is -3.37. The average Bonchev–Trinajstić information content (AvgIpc) is 3.07. The van der Waals surface area contributed by atoms with Gasteiger partial charge in [-0.2, -0.15) is 0 Å². The molecular formula is C23H27N3O6S. The van der Waals surface area contributed by atoms with Gasteiger partial charge in [0.1, 0.15) is 12.4 Å². The Kier molecular flexibility index (Phi) is 6.80. The van der Waals surface area contributed by atoms with Crippen LogP contribution < -0.4 is 9.46 Å². The van der Waals surface area contributed by atoms with Gasteiger partial charge in [-0.3, -0.25) is 9.52 Å². The fraction of sp³-hybridized carbons (Fsp3) is 0.304. The Labute approximate surface area is 192 Å². The lowest BCUT2D eigenvalue weighted by atomic mass is 9.85. The van der Waals surface area contributed by atoms with E-state index in [-0.39, 0.29) is 29.8 Å². The van der Waals surface area contributed by atoms with Crippen LogP contribution in [0.2, 0.25) is 0 Å². The fourth-order valence-corrected chi connectivity index (χ4v) is 4.30. The summed E-state index contributed by atoms with van der Waals surface area (Å²) in [4.78, 5) is 11.5. The lowest BCUT2D eigenvalue weighted by molar-refractivity contribution is -0.142. The monoisotopic (exact) mass is 473 g/mol. The summed E-state index contributed by atoms with van der Waals surface area (Å²) in [6.07, 6.45) is 0. The molecule has 0 atom stereocenters. The number of anilines is 1. The van der Waals surface area contributed by atoms with Gasteiger partial charge in [0.05, 0.1) is 22.5 Å². The summed E-state index contributed by atoms with van der Waals surface area (Å²) in [6, 6.07) is 13.2. The van der Waals surface area contributed by atoms with Gasteiger partial charge < -0.3 is 14.9 Å². The van der Waals surface area contributed by atoms with Gasteiger partial charge in [0.2, 0.25) is 5.88 Å². The van der Waals surface area contributed by atoms with E-state index >= 15 is 0 Å². The Morgan fingerprint density at radius 3 is 2.27 bits per heavy atom. The minimum Gasteiger partial charge on any atom is -0.481 e. The molecule has 0 fully saturated rings. The molecule has 176 valence electrons. The molecule has 0 spiro atoms. The zero-order chi connectivity index (χ0) is 24.4. The van der Waals surface area contributed by atoms with Gasteiger partial charge in [0.15, 0.2) is 0 Å². The van der Waals surface area contributed by atoms with Crippen molar-refractivity contribution in [3.8, 4) is 17.0 Å². The third kappa shape index (κ3) is 5.01. The van der Waals surface area contributed by atoms with Crippen LogP contribution in [0.25, 0.3) is 11.1 Å². The standard InChI is InChI=1S/C23H27N3O6S/c1-15-5-7-16(8-6-15)19-20(26(4)24-21(19)32-14-13-27)25-33(30,31)18-11-9-17(10-12-18)23(2,3)22(28)29/h5-12,25,27H,13-14H2,1-4H3,(H,28,29).